The molecule has 0 amide bonds. The van der Waals surface area contributed by atoms with Gasteiger partial charge in [0, 0.05) is 31.4 Å². The van der Waals surface area contributed by atoms with E-state index in [1.54, 1.807) is 30.0 Å². The lowest BCUT2D eigenvalue weighted by Gasteiger charge is -2.40. The lowest BCUT2D eigenvalue weighted by atomic mass is 10.1. The van der Waals surface area contributed by atoms with Crippen molar-refractivity contribution in [2.75, 3.05) is 24.5 Å². The number of para-hydroxylation sites is 1. The predicted molar refractivity (Wildman–Crippen MR) is 98.5 cm³/mol. The van der Waals surface area contributed by atoms with E-state index in [4.69, 9.17) is 11.6 Å². The lowest BCUT2D eigenvalue weighted by Crippen LogP contribution is -2.54. The second-order valence-electron chi connectivity index (χ2n) is 6.36. The lowest BCUT2D eigenvalue weighted by molar-refractivity contribution is -0.137. The minimum absolute atomic E-state index is 0.00246. The van der Waals surface area contributed by atoms with E-state index in [0.29, 0.717) is 0 Å². The molecule has 0 spiro atoms. The minimum Gasteiger partial charge on any atom is -0.368 e. The summed E-state index contributed by atoms with van der Waals surface area (Å²) >= 11 is 6.03. The third-order valence-electron chi connectivity index (χ3n) is 4.54. The zero-order valence-electron chi connectivity index (χ0n) is 14.4. The van der Waals surface area contributed by atoms with Crippen molar-refractivity contribution in [1.82, 2.24) is 4.31 Å². The van der Waals surface area contributed by atoms with Gasteiger partial charge >= 0.3 is 6.18 Å². The van der Waals surface area contributed by atoms with Crippen LogP contribution >= 0.6 is 11.6 Å². The van der Waals surface area contributed by atoms with Gasteiger partial charge in [-0.15, -0.1) is 0 Å². The molecule has 1 heterocycles. The Bertz CT molecular complexity index is 934. The Kier molecular flexibility index (Phi) is 5.42. The molecule has 0 radical (unpaired) electrons. The number of hydrogen-bond donors (Lipinski definition) is 0. The molecule has 3 rings (SSSR count). The molecule has 1 aliphatic heterocycles. The number of anilines is 1. The van der Waals surface area contributed by atoms with E-state index in [2.05, 4.69) is 0 Å². The van der Waals surface area contributed by atoms with Crippen LogP contribution in [0.3, 0.4) is 0 Å². The summed E-state index contributed by atoms with van der Waals surface area (Å²) in [5.74, 6) is 0. The van der Waals surface area contributed by atoms with E-state index in [0.717, 1.165) is 6.07 Å². The Morgan fingerprint density at radius 1 is 1.04 bits per heavy atom. The van der Waals surface area contributed by atoms with Crippen molar-refractivity contribution < 1.29 is 21.6 Å². The molecule has 146 valence electrons. The molecule has 1 atom stereocenters. The minimum atomic E-state index is -4.47. The summed E-state index contributed by atoms with van der Waals surface area (Å²) in [7, 11) is -3.83. The number of halogens is 4. The highest BCUT2D eigenvalue weighted by Crippen LogP contribution is 2.37. The first-order chi connectivity index (χ1) is 12.6. The van der Waals surface area contributed by atoms with E-state index >= 15 is 0 Å². The molecular formula is C18H18ClF3N2O2S. The maximum absolute atomic E-state index is 13.3. The van der Waals surface area contributed by atoms with Crippen molar-refractivity contribution in [2.24, 2.45) is 0 Å². The molecule has 0 saturated carbocycles. The van der Waals surface area contributed by atoms with Gasteiger partial charge in [0.05, 0.1) is 10.6 Å². The Hall–Kier alpha value is -1.77. The molecule has 2 aromatic carbocycles. The Labute approximate surface area is 161 Å². The largest absolute Gasteiger partial charge is 0.418 e. The number of sulfonamides is 1. The van der Waals surface area contributed by atoms with Crippen LogP contribution in [0.15, 0.2) is 53.4 Å². The van der Waals surface area contributed by atoms with Crippen LogP contribution in [0, 0.1) is 0 Å². The summed E-state index contributed by atoms with van der Waals surface area (Å²) in [6.45, 7) is 2.05. The third kappa shape index (κ3) is 3.93. The van der Waals surface area contributed by atoms with Gasteiger partial charge in [-0.3, -0.25) is 0 Å². The highest BCUT2D eigenvalue weighted by Gasteiger charge is 2.38. The average Bonchev–Trinajstić information content (AvgIpc) is 2.61. The summed E-state index contributed by atoms with van der Waals surface area (Å²) in [5, 5.41) is 0.120. The third-order valence-corrected chi connectivity index (χ3v) is 7.05. The Balaban J connectivity index is 1.87. The quantitative estimate of drug-likeness (QED) is 0.747. The van der Waals surface area contributed by atoms with Crippen LogP contribution in [0.2, 0.25) is 5.02 Å². The second kappa shape index (κ2) is 7.33. The van der Waals surface area contributed by atoms with E-state index in [9.17, 15) is 21.6 Å². The highest BCUT2D eigenvalue weighted by atomic mass is 35.5. The number of nitrogens with zero attached hydrogens (tertiary/aromatic N) is 2. The van der Waals surface area contributed by atoms with Gasteiger partial charge in [0.25, 0.3) is 0 Å². The first-order valence-electron chi connectivity index (χ1n) is 8.30. The van der Waals surface area contributed by atoms with Gasteiger partial charge in [-0.25, -0.2) is 8.42 Å². The molecule has 1 aliphatic rings. The first-order valence-corrected chi connectivity index (χ1v) is 10.1. The normalized spacial score (nSPS) is 19.3. The van der Waals surface area contributed by atoms with Crippen LogP contribution in [-0.4, -0.2) is 38.4 Å². The molecule has 0 N–H and O–H groups in total. The van der Waals surface area contributed by atoms with Crippen LogP contribution in [0.4, 0.5) is 18.9 Å². The average molecular weight is 419 g/mol. The molecule has 0 aliphatic carbocycles. The number of piperazine rings is 1. The monoisotopic (exact) mass is 418 g/mol. The van der Waals surface area contributed by atoms with Crippen molar-refractivity contribution in [3.8, 4) is 0 Å². The van der Waals surface area contributed by atoms with Gasteiger partial charge in [-0.05, 0) is 31.2 Å². The second-order valence-corrected chi connectivity index (χ2v) is 8.62. The fourth-order valence-electron chi connectivity index (χ4n) is 3.29. The first kappa shape index (κ1) is 20.0. The maximum Gasteiger partial charge on any atom is 0.418 e. The van der Waals surface area contributed by atoms with Gasteiger partial charge in [0.2, 0.25) is 10.0 Å². The van der Waals surface area contributed by atoms with E-state index in [-0.39, 0.29) is 35.2 Å². The smallest absolute Gasteiger partial charge is 0.368 e. The van der Waals surface area contributed by atoms with Crippen LogP contribution in [0.5, 0.6) is 0 Å². The highest BCUT2D eigenvalue weighted by molar-refractivity contribution is 7.89. The summed E-state index contributed by atoms with van der Waals surface area (Å²) < 4.78 is 67.0. The summed E-state index contributed by atoms with van der Waals surface area (Å²) in [5.41, 5.74) is -0.661. The van der Waals surface area contributed by atoms with Crippen molar-refractivity contribution in [1.29, 1.82) is 0 Å². The van der Waals surface area contributed by atoms with Crippen LogP contribution in [0.25, 0.3) is 0 Å². The fourth-order valence-corrected chi connectivity index (χ4v) is 5.39. The van der Waals surface area contributed by atoms with Gasteiger partial charge in [0.15, 0.2) is 0 Å². The molecular weight excluding hydrogens is 401 g/mol. The standard InChI is InChI=1S/C18H18ClF3N2O2S/c1-13-12-23(16-8-4-2-6-14(16)18(20,21)22)10-11-24(13)27(25,26)17-9-5-3-7-15(17)19/h2-9,13H,10-12H2,1H3/t13-/m1/s1. The summed E-state index contributed by atoms with van der Waals surface area (Å²) in [4.78, 5) is 1.58. The number of hydrogen-bond acceptors (Lipinski definition) is 3. The molecule has 1 saturated heterocycles. The zero-order chi connectivity index (χ0) is 19.8. The van der Waals surface area contributed by atoms with E-state index < -0.39 is 27.8 Å². The predicted octanol–water partition coefficient (Wildman–Crippen LogP) is 4.26. The van der Waals surface area contributed by atoms with Crippen LogP contribution in [-0.2, 0) is 16.2 Å². The fraction of sp³-hybridized carbons (Fsp3) is 0.333. The maximum atomic E-state index is 13.3. The zero-order valence-corrected chi connectivity index (χ0v) is 16.0. The molecule has 0 bridgehead atoms. The van der Waals surface area contributed by atoms with E-state index in [1.807, 2.05) is 0 Å². The number of alkyl halides is 3. The number of rotatable bonds is 3. The van der Waals surface area contributed by atoms with Crippen molar-refractivity contribution in [2.45, 2.75) is 24.0 Å². The van der Waals surface area contributed by atoms with Gasteiger partial charge in [-0.1, -0.05) is 35.9 Å². The van der Waals surface area contributed by atoms with Crippen LogP contribution in [0.1, 0.15) is 12.5 Å². The molecule has 0 unspecified atom stereocenters. The SMILES string of the molecule is C[C@@H]1CN(c2ccccc2C(F)(F)F)CCN1S(=O)(=O)c1ccccc1Cl. The molecule has 27 heavy (non-hydrogen) atoms. The van der Waals surface area contributed by atoms with Crippen molar-refractivity contribution in [3.63, 3.8) is 0 Å². The van der Waals surface area contributed by atoms with E-state index in [1.165, 1.54) is 28.6 Å². The van der Waals surface area contributed by atoms with Gasteiger partial charge in [0.1, 0.15) is 4.90 Å². The van der Waals surface area contributed by atoms with Crippen molar-refractivity contribution >= 4 is 27.3 Å². The summed E-state index contributed by atoms with van der Waals surface area (Å²) in [6.07, 6.45) is -4.47. The summed E-state index contributed by atoms with van der Waals surface area (Å²) in [6, 6.07) is 11.0. The topological polar surface area (TPSA) is 40.6 Å². The van der Waals surface area contributed by atoms with Crippen molar-refractivity contribution in [3.05, 3.63) is 59.1 Å². The Morgan fingerprint density at radius 3 is 2.30 bits per heavy atom. The molecule has 4 nitrogen and oxygen atoms in total. The molecule has 0 aromatic heterocycles. The van der Waals surface area contributed by atoms with Gasteiger partial charge in [-0.2, -0.15) is 17.5 Å². The molecule has 2 aromatic rings. The number of benzene rings is 2. The van der Waals surface area contributed by atoms with Crippen LogP contribution < -0.4 is 4.90 Å². The van der Waals surface area contributed by atoms with Gasteiger partial charge < -0.3 is 4.90 Å². The Morgan fingerprint density at radius 2 is 1.67 bits per heavy atom. The molecule has 9 heteroatoms. The molecule has 1 fully saturated rings.